The molecule has 9 heteroatoms. The van der Waals surface area contributed by atoms with Crippen molar-refractivity contribution >= 4 is 39.1 Å². The summed E-state index contributed by atoms with van der Waals surface area (Å²) in [6.45, 7) is 4.06. The lowest BCUT2D eigenvalue weighted by Crippen LogP contribution is -2.50. The van der Waals surface area contributed by atoms with Crippen molar-refractivity contribution in [1.29, 1.82) is 0 Å². The molecule has 0 saturated heterocycles. The SMILES string of the molecule is Cc1cccc(N(CCCC(=O)N(Cc2cccc(Cl)c2)[C@H](C)C(=O)NC2CCCCC2)S(C)(=O)=O)c1. The van der Waals surface area contributed by atoms with Crippen molar-refractivity contribution in [3.05, 3.63) is 64.7 Å². The molecule has 37 heavy (non-hydrogen) atoms. The number of rotatable bonds is 11. The van der Waals surface area contributed by atoms with Crippen LogP contribution in [0.1, 0.15) is 63.0 Å². The maximum Gasteiger partial charge on any atom is 0.242 e. The highest BCUT2D eigenvalue weighted by Gasteiger charge is 2.28. The van der Waals surface area contributed by atoms with E-state index in [1.54, 1.807) is 30.0 Å². The summed E-state index contributed by atoms with van der Waals surface area (Å²) in [4.78, 5) is 28.1. The summed E-state index contributed by atoms with van der Waals surface area (Å²) in [5, 5.41) is 3.69. The van der Waals surface area contributed by atoms with E-state index in [1.165, 1.54) is 17.0 Å². The van der Waals surface area contributed by atoms with E-state index >= 15 is 0 Å². The van der Waals surface area contributed by atoms with E-state index in [2.05, 4.69) is 5.32 Å². The molecule has 1 atom stereocenters. The van der Waals surface area contributed by atoms with Crippen molar-refractivity contribution in [1.82, 2.24) is 10.2 Å². The molecule has 0 spiro atoms. The van der Waals surface area contributed by atoms with Gasteiger partial charge in [-0.15, -0.1) is 0 Å². The fourth-order valence-electron chi connectivity index (χ4n) is 4.77. The number of carbonyl (C=O) groups excluding carboxylic acids is 2. The highest BCUT2D eigenvalue weighted by molar-refractivity contribution is 7.92. The van der Waals surface area contributed by atoms with E-state index in [9.17, 15) is 18.0 Å². The minimum absolute atomic E-state index is 0.111. The van der Waals surface area contributed by atoms with Crippen molar-refractivity contribution in [2.45, 2.75) is 77.4 Å². The molecule has 0 aromatic heterocycles. The van der Waals surface area contributed by atoms with Crippen LogP contribution in [0.25, 0.3) is 0 Å². The molecule has 7 nitrogen and oxygen atoms in total. The maximum absolute atomic E-state index is 13.4. The number of nitrogens with zero attached hydrogens (tertiary/aromatic N) is 2. The van der Waals surface area contributed by atoms with Crippen molar-refractivity contribution in [3.63, 3.8) is 0 Å². The Morgan fingerprint density at radius 2 is 1.78 bits per heavy atom. The van der Waals surface area contributed by atoms with Gasteiger partial charge in [0.2, 0.25) is 21.8 Å². The molecule has 2 amide bonds. The predicted molar refractivity (Wildman–Crippen MR) is 149 cm³/mol. The first-order valence-corrected chi connectivity index (χ1v) is 15.2. The lowest BCUT2D eigenvalue weighted by Gasteiger charge is -2.31. The first-order valence-electron chi connectivity index (χ1n) is 12.9. The summed E-state index contributed by atoms with van der Waals surface area (Å²) in [7, 11) is -3.52. The van der Waals surface area contributed by atoms with Gasteiger partial charge >= 0.3 is 0 Å². The van der Waals surface area contributed by atoms with E-state index in [1.807, 2.05) is 37.3 Å². The van der Waals surface area contributed by atoms with Crippen molar-refractivity contribution in [2.75, 3.05) is 17.1 Å². The van der Waals surface area contributed by atoms with Crippen LogP contribution in [0.15, 0.2) is 48.5 Å². The fourth-order valence-corrected chi connectivity index (χ4v) is 5.94. The molecule has 0 aliphatic heterocycles. The summed E-state index contributed by atoms with van der Waals surface area (Å²) in [6, 6.07) is 14.0. The Morgan fingerprint density at radius 3 is 2.43 bits per heavy atom. The second-order valence-electron chi connectivity index (χ2n) is 9.95. The van der Waals surface area contributed by atoms with E-state index in [4.69, 9.17) is 11.6 Å². The molecule has 1 aliphatic rings. The number of nitrogens with one attached hydrogen (secondary N) is 1. The molecule has 1 fully saturated rings. The van der Waals surface area contributed by atoms with Crippen LogP contribution in [0.4, 0.5) is 5.69 Å². The highest BCUT2D eigenvalue weighted by atomic mass is 35.5. The van der Waals surface area contributed by atoms with Crippen LogP contribution in [0.5, 0.6) is 0 Å². The summed E-state index contributed by atoms with van der Waals surface area (Å²) in [5.74, 6) is -0.372. The van der Waals surface area contributed by atoms with Gasteiger partial charge in [0.05, 0.1) is 11.9 Å². The predicted octanol–water partition coefficient (Wildman–Crippen LogP) is 5.06. The fraction of sp³-hybridized carbons (Fsp3) is 0.500. The quantitative estimate of drug-likeness (QED) is 0.426. The molecular formula is C28H38ClN3O4S. The Balaban J connectivity index is 1.71. The Labute approximate surface area is 226 Å². The van der Waals surface area contributed by atoms with Gasteiger partial charge in [0.15, 0.2) is 0 Å². The number of hydrogen-bond acceptors (Lipinski definition) is 4. The Morgan fingerprint density at radius 1 is 1.08 bits per heavy atom. The first-order chi connectivity index (χ1) is 17.5. The number of carbonyl (C=O) groups is 2. The number of benzene rings is 2. The van der Waals surface area contributed by atoms with E-state index < -0.39 is 16.1 Å². The van der Waals surface area contributed by atoms with E-state index in [0.717, 1.165) is 36.8 Å². The van der Waals surface area contributed by atoms with Gasteiger partial charge in [-0.05, 0) is 68.5 Å². The smallest absolute Gasteiger partial charge is 0.242 e. The average Bonchev–Trinajstić information content (AvgIpc) is 2.84. The average molecular weight is 548 g/mol. The maximum atomic E-state index is 13.4. The summed E-state index contributed by atoms with van der Waals surface area (Å²) in [5.41, 5.74) is 2.36. The molecule has 0 unspecified atom stereocenters. The zero-order chi connectivity index (χ0) is 27.0. The largest absolute Gasteiger partial charge is 0.352 e. The third-order valence-corrected chi connectivity index (χ3v) is 8.23. The number of anilines is 1. The minimum atomic E-state index is -3.52. The van der Waals surface area contributed by atoms with E-state index in [0.29, 0.717) is 17.1 Å². The molecule has 1 saturated carbocycles. The van der Waals surface area contributed by atoms with Crippen LogP contribution in [0.3, 0.4) is 0 Å². The molecule has 1 aliphatic carbocycles. The molecule has 2 aromatic carbocycles. The summed E-state index contributed by atoms with van der Waals surface area (Å²) in [6.07, 6.45) is 6.91. The topological polar surface area (TPSA) is 86.8 Å². The molecule has 0 radical (unpaired) electrons. The second kappa shape index (κ2) is 13.3. The summed E-state index contributed by atoms with van der Waals surface area (Å²) >= 11 is 6.16. The van der Waals surface area contributed by atoms with Crippen LogP contribution in [-0.2, 0) is 26.2 Å². The molecule has 0 heterocycles. The monoisotopic (exact) mass is 547 g/mol. The molecule has 2 aromatic rings. The van der Waals surface area contributed by atoms with Crippen molar-refractivity contribution < 1.29 is 18.0 Å². The third kappa shape index (κ3) is 8.75. The lowest BCUT2D eigenvalue weighted by atomic mass is 9.95. The highest BCUT2D eigenvalue weighted by Crippen LogP contribution is 2.22. The number of sulfonamides is 1. The normalized spacial score (nSPS) is 15.1. The number of halogens is 1. The number of hydrogen-bond donors (Lipinski definition) is 1. The molecule has 1 N–H and O–H groups in total. The van der Waals surface area contributed by atoms with Crippen LogP contribution in [0, 0.1) is 6.92 Å². The zero-order valence-corrected chi connectivity index (χ0v) is 23.5. The number of aryl methyl sites for hydroxylation is 1. The van der Waals surface area contributed by atoms with Gasteiger partial charge in [-0.3, -0.25) is 13.9 Å². The van der Waals surface area contributed by atoms with Crippen LogP contribution < -0.4 is 9.62 Å². The lowest BCUT2D eigenvalue weighted by molar-refractivity contribution is -0.141. The van der Waals surface area contributed by atoms with Gasteiger partial charge < -0.3 is 10.2 Å². The third-order valence-electron chi connectivity index (χ3n) is 6.80. The first kappa shape index (κ1) is 29.0. The van der Waals surface area contributed by atoms with Gasteiger partial charge in [-0.25, -0.2) is 8.42 Å². The minimum Gasteiger partial charge on any atom is -0.352 e. The molecule has 3 rings (SSSR count). The van der Waals surface area contributed by atoms with Gasteiger partial charge in [0.1, 0.15) is 6.04 Å². The molecule has 0 bridgehead atoms. The Hall–Kier alpha value is -2.58. The Kier molecular flexibility index (Phi) is 10.4. The number of amides is 2. The van der Waals surface area contributed by atoms with Crippen molar-refractivity contribution in [2.24, 2.45) is 0 Å². The van der Waals surface area contributed by atoms with E-state index in [-0.39, 0.29) is 37.4 Å². The second-order valence-corrected chi connectivity index (χ2v) is 12.3. The molecule has 202 valence electrons. The van der Waals surface area contributed by atoms with Gasteiger partial charge in [-0.2, -0.15) is 0 Å². The Bertz CT molecular complexity index is 1180. The van der Waals surface area contributed by atoms with Crippen molar-refractivity contribution in [3.8, 4) is 0 Å². The van der Waals surface area contributed by atoms with Gasteiger partial charge in [-0.1, -0.05) is 55.1 Å². The molecular weight excluding hydrogens is 510 g/mol. The van der Waals surface area contributed by atoms with Gasteiger partial charge in [0.25, 0.3) is 0 Å². The van der Waals surface area contributed by atoms with Crippen LogP contribution in [0.2, 0.25) is 5.02 Å². The van der Waals surface area contributed by atoms with Crippen LogP contribution >= 0.6 is 11.6 Å². The zero-order valence-electron chi connectivity index (χ0n) is 22.0. The van der Waals surface area contributed by atoms with Crippen LogP contribution in [-0.4, -0.2) is 50.0 Å². The standard InChI is InChI=1S/C28H38ClN3O4S/c1-21-10-7-15-26(18-21)32(37(3,35)36)17-9-16-27(33)31(20-23-11-8-12-24(29)19-23)22(2)28(34)30-25-13-5-4-6-14-25/h7-8,10-12,15,18-19,22,25H,4-6,9,13-14,16-17,20H2,1-3H3,(H,30,34)/t22-/m1/s1. The van der Waals surface area contributed by atoms with Gasteiger partial charge in [0, 0.05) is 30.6 Å². The summed E-state index contributed by atoms with van der Waals surface area (Å²) < 4.78 is 26.3.